The number of nitrogens with two attached hydrogens (primary N) is 1. The highest BCUT2D eigenvalue weighted by Gasteiger charge is 2.48. The van der Waals surface area contributed by atoms with Crippen molar-refractivity contribution in [3.05, 3.63) is 0 Å². The molecule has 70 valence electrons. The van der Waals surface area contributed by atoms with Crippen molar-refractivity contribution in [2.24, 2.45) is 16.5 Å². The van der Waals surface area contributed by atoms with Crippen molar-refractivity contribution < 1.29 is 8.42 Å². The molecule has 1 saturated carbocycles. The average molecular weight is 190 g/mol. The van der Waals surface area contributed by atoms with Crippen LogP contribution in [-0.2, 0) is 10.0 Å². The molecule has 2 rings (SSSR count). The molecule has 0 bridgehead atoms. The lowest BCUT2D eigenvalue weighted by molar-refractivity contribution is 0.0110. The number of sulfonamides is 1. The summed E-state index contributed by atoms with van der Waals surface area (Å²) in [6, 6.07) is 0. The second-order valence-corrected chi connectivity index (χ2v) is 5.87. The smallest absolute Gasteiger partial charge is 0.209 e. The van der Waals surface area contributed by atoms with E-state index >= 15 is 0 Å². The zero-order valence-corrected chi connectivity index (χ0v) is 7.73. The van der Waals surface area contributed by atoms with E-state index in [4.69, 9.17) is 5.14 Å². The summed E-state index contributed by atoms with van der Waals surface area (Å²) in [5.74, 6) is 0.497. The quantitative estimate of drug-likeness (QED) is 0.603. The Kier molecular flexibility index (Phi) is 1.72. The zero-order valence-electron chi connectivity index (χ0n) is 6.91. The molecule has 0 aromatic heterocycles. The number of primary sulfonamides is 1. The maximum absolute atomic E-state index is 10.7. The molecule has 0 amide bonds. The van der Waals surface area contributed by atoms with Crippen LogP contribution in [0.4, 0.5) is 0 Å². The van der Waals surface area contributed by atoms with Crippen LogP contribution in [0.1, 0.15) is 12.8 Å². The molecule has 1 saturated heterocycles. The molecule has 5 heteroatoms. The third kappa shape index (κ3) is 1.48. The van der Waals surface area contributed by atoms with Gasteiger partial charge in [-0.2, -0.15) is 0 Å². The van der Waals surface area contributed by atoms with Gasteiger partial charge in [0.05, 0.1) is 5.75 Å². The first-order valence-corrected chi connectivity index (χ1v) is 5.92. The molecular weight excluding hydrogens is 176 g/mol. The van der Waals surface area contributed by atoms with Gasteiger partial charge in [-0.05, 0) is 24.2 Å². The highest BCUT2D eigenvalue weighted by atomic mass is 32.2. The molecule has 1 heterocycles. The van der Waals surface area contributed by atoms with E-state index in [1.165, 1.54) is 0 Å². The van der Waals surface area contributed by atoms with E-state index in [9.17, 15) is 8.42 Å². The van der Waals surface area contributed by atoms with Crippen LogP contribution in [0.25, 0.3) is 0 Å². The van der Waals surface area contributed by atoms with Crippen LogP contribution in [0.3, 0.4) is 0 Å². The summed E-state index contributed by atoms with van der Waals surface area (Å²) in [6.07, 6.45) is 2.08. The lowest BCUT2D eigenvalue weighted by atomic mass is 9.59. The van der Waals surface area contributed by atoms with Crippen LogP contribution in [0.2, 0.25) is 0 Å². The molecule has 1 spiro atoms. The molecule has 0 unspecified atom stereocenters. The van der Waals surface area contributed by atoms with Crippen molar-refractivity contribution in [3.8, 4) is 0 Å². The van der Waals surface area contributed by atoms with E-state index in [1.807, 2.05) is 0 Å². The topological polar surface area (TPSA) is 72.2 Å². The lowest BCUT2D eigenvalue weighted by Crippen LogP contribution is -2.61. The van der Waals surface area contributed by atoms with Gasteiger partial charge in [0.15, 0.2) is 0 Å². The van der Waals surface area contributed by atoms with Crippen LogP contribution in [0.15, 0.2) is 0 Å². The molecular formula is C7H14N2O2S. The fourth-order valence-electron chi connectivity index (χ4n) is 2.38. The van der Waals surface area contributed by atoms with Crippen molar-refractivity contribution in [2.75, 3.05) is 18.8 Å². The van der Waals surface area contributed by atoms with Gasteiger partial charge < -0.3 is 5.32 Å². The Hall–Kier alpha value is -0.130. The van der Waals surface area contributed by atoms with Crippen LogP contribution in [0, 0.1) is 11.3 Å². The Labute approximate surface area is 72.6 Å². The number of hydrogen-bond donors (Lipinski definition) is 2. The molecule has 0 aromatic rings. The maximum atomic E-state index is 10.7. The summed E-state index contributed by atoms with van der Waals surface area (Å²) in [4.78, 5) is 0. The molecule has 2 fully saturated rings. The van der Waals surface area contributed by atoms with E-state index in [-0.39, 0.29) is 5.75 Å². The Morgan fingerprint density at radius 2 is 2.00 bits per heavy atom. The van der Waals surface area contributed by atoms with Crippen molar-refractivity contribution in [2.45, 2.75) is 12.8 Å². The minimum atomic E-state index is -3.24. The summed E-state index contributed by atoms with van der Waals surface area (Å²) in [6.45, 7) is 2.13. The molecule has 1 aliphatic carbocycles. The molecule has 0 atom stereocenters. The van der Waals surface area contributed by atoms with Gasteiger partial charge in [0.1, 0.15) is 0 Å². The molecule has 0 aromatic carbocycles. The average Bonchev–Trinajstić information content (AvgIpc) is 1.69. The molecule has 2 aliphatic rings. The molecule has 12 heavy (non-hydrogen) atoms. The van der Waals surface area contributed by atoms with E-state index in [0.29, 0.717) is 11.3 Å². The lowest BCUT2D eigenvalue weighted by Gasteiger charge is -2.54. The summed E-state index contributed by atoms with van der Waals surface area (Å²) in [5, 5.41) is 8.16. The SMILES string of the molecule is NS(=O)(=O)CC1CC2(CNC2)C1. The fourth-order valence-corrected chi connectivity index (χ4v) is 3.27. The third-order valence-electron chi connectivity index (χ3n) is 2.91. The summed E-state index contributed by atoms with van der Waals surface area (Å²) in [7, 11) is -3.24. The summed E-state index contributed by atoms with van der Waals surface area (Å²) >= 11 is 0. The Bertz CT molecular complexity index is 274. The van der Waals surface area contributed by atoms with E-state index in [0.717, 1.165) is 25.9 Å². The van der Waals surface area contributed by atoms with Gasteiger partial charge in [-0.3, -0.25) is 0 Å². The second-order valence-electron chi connectivity index (χ2n) is 4.21. The van der Waals surface area contributed by atoms with Crippen LogP contribution >= 0.6 is 0 Å². The largest absolute Gasteiger partial charge is 0.316 e. The predicted molar refractivity (Wildman–Crippen MR) is 46.0 cm³/mol. The van der Waals surface area contributed by atoms with Gasteiger partial charge in [-0.25, -0.2) is 13.6 Å². The maximum Gasteiger partial charge on any atom is 0.209 e. The molecule has 4 nitrogen and oxygen atoms in total. The highest BCUT2D eigenvalue weighted by molar-refractivity contribution is 7.89. The van der Waals surface area contributed by atoms with Gasteiger partial charge in [-0.1, -0.05) is 0 Å². The van der Waals surface area contributed by atoms with E-state index in [2.05, 4.69) is 5.32 Å². The first-order valence-electron chi connectivity index (χ1n) is 4.20. The summed E-state index contributed by atoms with van der Waals surface area (Å²) < 4.78 is 21.4. The van der Waals surface area contributed by atoms with Crippen LogP contribution in [0.5, 0.6) is 0 Å². The zero-order chi connectivity index (χ0) is 8.82. The summed E-state index contributed by atoms with van der Waals surface area (Å²) in [5.41, 5.74) is 0.454. The monoisotopic (exact) mass is 190 g/mol. The first-order chi connectivity index (χ1) is 5.49. The van der Waals surface area contributed by atoms with E-state index < -0.39 is 10.0 Å². The third-order valence-corrected chi connectivity index (χ3v) is 3.85. The predicted octanol–water partition coefficient (Wildman–Crippen LogP) is -0.725. The van der Waals surface area contributed by atoms with E-state index in [1.54, 1.807) is 0 Å². The second kappa shape index (κ2) is 2.43. The van der Waals surface area contributed by atoms with Gasteiger partial charge in [0.25, 0.3) is 0 Å². The van der Waals surface area contributed by atoms with Gasteiger partial charge in [0.2, 0.25) is 10.0 Å². The van der Waals surface area contributed by atoms with Crippen LogP contribution in [-0.4, -0.2) is 27.3 Å². The van der Waals surface area contributed by atoms with Crippen LogP contribution < -0.4 is 10.5 Å². The minimum Gasteiger partial charge on any atom is -0.316 e. The normalized spacial score (nSPS) is 28.1. The molecule has 0 radical (unpaired) electrons. The van der Waals surface area contributed by atoms with Gasteiger partial charge in [-0.15, -0.1) is 0 Å². The number of hydrogen-bond acceptors (Lipinski definition) is 3. The number of nitrogens with one attached hydrogen (secondary N) is 1. The minimum absolute atomic E-state index is 0.175. The molecule has 1 aliphatic heterocycles. The molecule has 3 N–H and O–H groups in total. The Morgan fingerprint density at radius 1 is 1.42 bits per heavy atom. The highest BCUT2D eigenvalue weighted by Crippen LogP contribution is 2.48. The van der Waals surface area contributed by atoms with Gasteiger partial charge >= 0.3 is 0 Å². The standard InChI is InChI=1S/C7H14N2O2S/c8-12(10,11)3-6-1-7(2-6)4-9-5-7/h6,9H,1-5H2,(H2,8,10,11). The van der Waals surface area contributed by atoms with Crippen molar-refractivity contribution in [3.63, 3.8) is 0 Å². The Morgan fingerprint density at radius 3 is 2.33 bits per heavy atom. The van der Waals surface area contributed by atoms with Crippen molar-refractivity contribution in [1.29, 1.82) is 0 Å². The van der Waals surface area contributed by atoms with Crippen molar-refractivity contribution >= 4 is 10.0 Å². The van der Waals surface area contributed by atoms with Gasteiger partial charge in [0, 0.05) is 13.1 Å². The fraction of sp³-hybridized carbons (Fsp3) is 1.00. The van der Waals surface area contributed by atoms with Crippen molar-refractivity contribution in [1.82, 2.24) is 5.32 Å². The number of rotatable bonds is 2. The first kappa shape index (κ1) is 8.47. The Balaban J connectivity index is 1.82.